The standard InChI is InChI=1S/C29H49NO10Si/c1-16-23(24-25(40-29(5,6)39-24)27(35-16)36-18-12-10-17(33-7)11-13-18)38-26-19(14-31)22(32)21(30)20(37-26)15-34-41(8,9)28(2,3)4/h10-13,16,19-27,31-32H,14-15,30H2,1-9H3/t16-,19-,20+,21-,22-,23-,24+,25+,26+,27-/m0/s1. The zero-order chi connectivity index (χ0) is 30.3. The van der Waals surface area contributed by atoms with E-state index in [9.17, 15) is 10.2 Å². The molecule has 0 spiro atoms. The van der Waals surface area contributed by atoms with Crippen LogP contribution >= 0.6 is 0 Å². The number of aliphatic hydroxyl groups is 2. The second-order valence-electron chi connectivity index (χ2n) is 13.2. The summed E-state index contributed by atoms with van der Waals surface area (Å²) in [5.74, 6) is -0.392. The van der Waals surface area contributed by atoms with Crippen LogP contribution in [0.25, 0.3) is 0 Å². The van der Waals surface area contributed by atoms with Crippen molar-refractivity contribution in [3.8, 4) is 11.5 Å². The maximum Gasteiger partial charge on any atom is 0.229 e. The monoisotopic (exact) mass is 599 g/mol. The third-order valence-corrected chi connectivity index (χ3v) is 13.2. The molecule has 0 saturated carbocycles. The Morgan fingerprint density at radius 1 is 1.00 bits per heavy atom. The zero-order valence-electron chi connectivity index (χ0n) is 25.7. The van der Waals surface area contributed by atoms with Crippen LogP contribution in [0.1, 0.15) is 41.5 Å². The molecule has 1 aromatic rings. The molecule has 3 aliphatic heterocycles. The summed E-state index contributed by atoms with van der Waals surface area (Å²) in [4.78, 5) is 0. The van der Waals surface area contributed by atoms with Crippen molar-refractivity contribution in [3.63, 3.8) is 0 Å². The molecule has 0 aliphatic carbocycles. The first kappa shape index (κ1) is 32.6. The first-order chi connectivity index (χ1) is 19.1. The van der Waals surface area contributed by atoms with Gasteiger partial charge in [0.1, 0.15) is 29.8 Å². The Kier molecular flexibility index (Phi) is 9.82. The summed E-state index contributed by atoms with van der Waals surface area (Å²) < 4.78 is 49.4. The van der Waals surface area contributed by atoms with Gasteiger partial charge in [0.25, 0.3) is 0 Å². The topological polar surface area (TPSA) is 140 Å². The van der Waals surface area contributed by atoms with Crippen molar-refractivity contribution in [1.82, 2.24) is 0 Å². The lowest BCUT2D eigenvalue weighted by molar-refractivity contribution is -0.322. The Morgan fingerprint density at radius 2 is 1.61 bits per heavy atom. The Bertz CT molecular complexity index is 1000. The molecule has 3 saturated heterocycles. The third kappa shape index (κ3) is 7.09. The fourth-order valence-corrected chi connectivity index (χ4v) is 6.17. The number of fused-ring (bicyclic) bond motifs is 1. The number of ether oxygens (including phenoxy) is 7. The maximum atomic E-state index is 11.1. The highest BCUT2D eigenvalue weighted by atomic mass is 28.4. The molecule has 0 aromatic heterocycles. The van der Waals surface area contributed by atoms with Crippen molar-refractivity contribution in [1.29, 1.82) is 0 Å². The molecule has 41 heavy (non-hydrogen) atoms. The second-order valence-corrected chi connectivity index (χ2v) is 18.0. The van der Waals surface area contributed by atoms with E-state index in [0.717, 1.165) is 0 Å². The lowest BCUT2D eigenvalue weighted by Gasteiger charge is -2.47. The number of benzene rings is 1. The van der Waals surface area contributed by atoms with Crippen LogP contribution in [-0.2, 0) is 28.1 Å². The maximum absolute atomic E-state index is 11.1. The summed E-state index contributed by atoms with van der Waals surface area (Å²) in [6.45, 7) is 16.1. The molecule has 12 heteroatoms. The van der Waals surface area contributed by atoms with E-state index in [4.69, 9.17) is 43.3 Å². The molecule has 0 amide bonds. The smallest absolute Gasteiger partial charge is 0.229 e. The molecule has 0 radical (unpaired) electrons. The molecule has 0 bridgehead atoms. The van der Waals surface area contributed by atoms with Gasteiger partial charge in [-0.25, -0.2) is 0 Å². The normalized spacial score (nSPS) is 37.5. The van der Waals surface area contributed by atoms with Crippen LogP contribution in [0, 0.1) is 5.92 Å². The predicted octanol–water partition coefficient (Wildman–Crippen LogP) is 2.77. The van der Waals surface area contributed by atoms with Gasteiger partial charge in [-0.1, -0.05) is 20.8 Å². The van der Waals surface area contributed by atoms with Gasteiger partial charge in [-0.05, 0) is 63.2 Å². The van der Waals surface area contributed by atoms with E-state index >= 15 is 0 Å². The minimum atomic E-state index is -2.11. The number of nitrogens with two attached hydrogens (primary N) is 1. The molecule has 10 atom stereocenters. The van der Waals surface area contributed by atoms with E-state index in [0.29, 0.717) is 11.5 Å². The van der Waals surface area contributed by atoms with Gasteiger partial charge in [-0.2, -0.15) is 0 Å². The van der Waals surface area contributed by atoms with Crippen LogP contribution in [-0.4, -0.2) is 99.9 Å². The van der Waals surface area contributed by atoms with Gasteiger partial charge in [0.15, 0.2) is 26.5 Å². The van der Waals surface area contributed by atoms with Crippen molar-refractivity contribution in [2.24, 2.45) is 11.7 Å². The molecular formula is C29H49NO10Si. The average molecular weight is 600 g/mol. The highest BCUT2D eigenvalue weighted by molar-refractivity contribution is 6.74. The van der Waals surface area contributed by atoms with Crippen LogP contribution < -0.4 is 15.2 Å². The van der Waals surface area contributed by atoms with Crippen LogP contribution in [0.2, 0.25) is 18.1 Å². The molecule has 3 fully saturated rings. The summed E-state index contributed by atoms with van der Waals surface area (Å²) in [7, 11) is -0.502. The number of hydrogen-bond acceptors (Lipinski definition) is 11. The molecule has 4 rings (SSSR count). The van der Waals surface area contributed by atoms with Gasteiger partial charge in [0.2, 0.25) is 6.29 Å². The van der Waals surface area contributed by atoms with E-state index in [-0.39, 0.29) is 18.3 Å². The van der Waals surface area contributed by atoms with Gasteiger partial charge >= 0.3 is 0 Å². The van der Waals surface area contributed by atoms with Gasteiger partial charge in [0, 0.05) is 0 Å². The van der Waals surface area contributed by atoms with Crippen LogP contribution in [0.4, 0.5) is 0 Å². The van der Waals surface area contributed by atoms with Gasteiger partial charge in [-0.3, -0.25) is 0 Å². The van der Waals surface area contributed by atoms with Crippen LogP contribution in [0.3, 0.4) is 0 Å². The number of methoxy groups -OCH3 is 1. The van der Waals surface area contributed by atoms with E-state index in [2.05, 4.69) is 33.9 Å². The Morgan fingerprint density at radius 3 is 2.20 bits per heavy atom. The van der Waals surface area contributed by atoms with Crippen molar-refractivity contribution in [2.75, 3.05) is 20.3 Å². The quantitative estimate of drug-likeness (QED) is 0.361. The third-order valence-electron chi connectivity index (χ3n) is 8.72. The molecule has 3 aliphatic rings. The summed E-state index contributed by atoms with van der Waals surface area (Å²) in [5.41, 5.74) is 6.38. The highest BCUT2D eigenvalue weighted by Crippen LogP contribution is 2.41. The Balaban J connectivity index is 1.51. The average Bonchev–Trinajstić information content (AvgIpc) is 3.22. The lowest BCUT2D eigenvalue weighted by Crippen LogP contribution is -2.64. The SMILES string of the molecule is COc1ccc(O[C@@H]2O[C@@H](C)[C@H](O[C@H]3O[C@H](CO[Si](C)(C)C(C)(C)C)[C@H](N)[C@@H](O)[C@@H]3CO)[C@H]3OC(C)(C)O[C@@H]23)cc1. The van der Waals surface area contributed by atoms with E-state index in [1.807, 2.05) is 20.8 Å². The largest absolute Gasteiger partial charge is 0.497 e. The highest BCUT2D eigenvalue weighted by Gasteiger charge is 2.57. The molecule has 234 valence electrons. The molecular weight excluding hydrogens is 550 g/mol. The number of hydrogen-bond donors (Lipinski definition) is 3. The Hall–Kier alpha value is -1.32. The van der Waals surface area contributed by atoms with Gasteiger partial charge in [0.05, 0.1) is 44.5 Å². The minimum Gasteiger partial charge on any atom is -0.497 e. The van der Waals surface area contributed by atoms with Crippen LogP contribution in [0.15, 0.2) is 24.3 Å². The summed E-state index contributed by atoms with van der Waals surface area (Å²) in [5, 5.41) is 21.3. The van der Waals surface area contributed by atoms with E-state index < -0.39 is 75.3 Å². The van der Waals surface area contributed by atoms with Crippen LogP contribution in [0.5, 0.6) is 11.5 Å². The van der Waals surface area contributed by atoms with Crippen molar-refractivity contribution in [2.45, 2.75) is 121 Å². The van der Waals surface area contributed by atoms with Gasteiger partial charge in [-0.15, -0.1) is 0 Å². The van der Waals surface area contributed by atoms with Gasteiger partial charge < -0.3 is 53.5 Å². The Labute approximate surface area is 244 Å². The first-order valence-corrected chi connectivity index (χ1v) is 17.3. The summed E-state index contributed by atoms with van der Waals surface area (Å²) in [6.07, 6.45) is -5.79. The molecule has 1 aromatic carbocycles. The molecule has 0 unspecified atom stereocenters. The number of aliphatic hydroxyl groups excluding tert-OH is 2. The molecule has 11 nitrogen and oxygen atoms in total. The van der Waals surface area contributed by atoms with Crippen molar-refractivity contribution < 1.29 is 47.8 Å². The van der Waals surface area contributed by atoms with Crippen molar-refractivity contribution in [3.05, 3.63) is 24.3 Å². The second kappa shape index (κ2) is 12.3. The van der Waals surface area contributed by atoms with E-state index in [1.54, 1.807) is 31.4 Å². The first-order valence-electron chi connectivity index (χ1n) is 14.4. The predicted molar refractivity (Wildman–Crippen MR) is 153 cm³/mol. The molecule has 4 N–H and O–H groups in total. The fourth-order valence-electron chi connectivity index (χ4n) is 5.16. The minimum absolute atomic E-state index is 0.00512. The van der Waals surface area contributed by atoms with Crippen molar-refractivity contribution >= 4 is 8.32 Å². The number of rotatable bonds is 9. The summed E-state index contributed by atoms with van der Waals surface area (Å²) >= 11 is 0. The fraction of sp³-hybridized carbons (Fsp3) is 0.793. The van der Waals surface area contributed by atoms with E-state index in [1.165, 1.54) is 0 Å². The zero-order valence-corrected chi connectivity index (χ0v) is 26.7. The summed E-state index contributed by atoms with van der Waals surface area (Å²) in [6, 6.07) is 6.44. The lowest BCUT2D eigenvalue weighted by atomic mass is 9.89. The molecule has 3 heterocycles.